The summed E-state index contributed by atoms with van der Waals surface area (Å²) in [6.45, 7) is 1.59. The first-order valence-electron chi connectivity index (χ1n) is 7.95. The Balaban J connectivity index is 1.65. The smallest absolute Gasteiger partial charge is 0.272 e. The van der Waals surface area contributed by atoms with Gasteiger partial charge in [-0.25, -0.2) is 4.98 Å². The minimum atomic E-state index is -0.257. The van der Waals surface area contributed by atoms with E-state index < -0.39 is 0 Å². The van der Waals surface area contributed by atoms with Gasteiger partial charge in [-0.15, -0.1) is 0 Å². The highest BCUT2D eigenvalue weighted by Gasteiger charge is 2.12. The number of hydrogen-bond acceptors (Lipinski definition) is 3. The molecule has 0 atom stereocenters. The fraction of sp³-hybridized carbons (Fsp3) is 0.105. The Hall–Kier alpha value is -3.41. The van der Waals surface area contributed by atoms with E-state index in [1.54, 1.807) is 13.0 Å². The Bertz CT molecular complexity index is 1160. The van der Waals surface area contributed by atoms with Gasteiger partial charge in [0.05, 0.1) is 11.0 Å². The normalized spacial score (nSPS) is 11.1. The fourth-order valence-corrected chi connectivity index (χ4v) is 2.95. The number of carbonyl (C=O) groups excluding carboxylic acids is 1. The minimum absolute atomic E-state index is 0.0616. The van der Waals surface area contributed by atoms with Gasteiger partial charge >= 0.3 is 0 Å². The molecule has 0 fully saturated rings. The monoisotopic (exact) mass is 332 g/mol. The number of nitrogens with zero attached hydrogens (tertiary/aromatic N) is 2. The van der Waals surface area contributed by atoms with Gasteiger partial charge in [-0.3, -0.25) is 14.2 Å². The van der Waals surface area contributed by atoms with Crippen molar-refractivity contribution in [3.05, 3.63) is 70.8 Å². The molecule has 2 aromatic heterocycles. The maximum Gasteiger partial charge on any atom is 0.272 e. The number of fused-ring (bicyclic) bond motifs is 2. The first-order valence-corrected chi connectivity index (χ1v) is 7.95. The third-order valence-electron chi connectivity index (χ3n) is 4.15. The van der Waals surface area contributed by atoms with Crippen LogP contribution in [-0.2, 0) is 11.3 Å². The van der Waals surface area contributed by atoms with E-state index in [4.69, 9.17) is 0 Å². The van der Waals surface area contributed by atoms with E-state index in [0.29, 0.717) is 22.4 Å². The Labute approximate surface area is 143 Å². The summed E-state index contributed by atoms with van der Waals surface area (Å²) in [5.41, 5.74) is 3.16. The van der Waals surface area contributed by atoms with Crippen molar-refractivity contribution in [2.45, 2.75) is 13.5 Å². The number of rotatable bonds is 3. The second-order valence-corrected chi connectivity index (χ2v) is 5.91. The van der Waals surface area contributed by atoms with E-state index >= 15 is 0 Å². The van der Waals surface area contributed by atoms with Gasteiger partial charge in [0.2, 0.25) is 5.91 Å². The van der Waals surface area contributed by atoms with Gasteiger partial charge in [0, 0.05) is 22.8 Å². The molecule has 0 saturated carbocycles. The number of para-hydroxylation sites is 2. The van der Waals surface area contributed by atoms with Gasteiger partial charge < -0.3 is 10.3 Å². The summed E-state index contributed by atoms with van der Waals surface area (Å²) in [5.74, 6) is -0.257. The Morgan fingerprint density at radius 1 is 1.20 bits per heavy atom. The summed E-state index contributed by atoms with van der Waals surface area (Å²) in [7, 11) is 0. The molecule has 0 unspecified atom stereocenters. The number of aromatic amines is 1. The van der Waals surface area contributed by atoms with Crippen molar-refractivity contribution in [3.63, 3.8) is 0 Å². The highest BCUT2D eigenvalue weighted by atomic mass is 16.2. The number of nitrogens with one attached hydrogen (secondary N) is 2. The average molecular weight is 332 g/mol. The molecule has 0 spiro atoms. The van der Waals surface area contributed by atoms with Crippen LogP contribution in [0.3, 0.4) is 0 Å². The highest BCUT2D eigenvalue weighted by molar-refractivity contribution is 5.94. The zero-order valence-electron chi connectivity index (χ0n) is 13.6. The molecule has 25 heavy (non-hydrogen) atoms. The second kappa shape index (κ2) is 5.90. The van der Waals surface area contributed by atoms with E-state index in [1.165, 1.54) is 4.57 Å². The highest BCUT2D eigenvalue weighted by Crippen LogP contribution is 2.18. The van der Waals surface area contributed by atoms with Crippen molar-refractivity contribution >= 4 is 33.5 Å². The van der Waals surface area contributed by atoms with Gasteiger partial charge in [0.25, 0.3) is 5.56 Å². The molecule has 0 radical (unpaired) electrons. The molecule has 0 bridgehead atoms. The molecule has 0 aliphatic heterocycles. The van der Waals surface area contributed by atoms with E-state index in [0.717, 1.165) is 10.9 Å². The predicted molar refractivity (Wildman–Crippen MR) is 97.7 cm³/mol. The average Bonchev–Trinajstić information content (AvgIpc) is 3.06. The third kappa shape index (κ3) is 2.78. The molecular formula is C19H16N4O2. The molecular weight excluding hydrogens is 316 g/mol. The number of anilines is 1. The maximum absolute atomic E-state index is 12.5. The topological polar surface area (TPSA) is 79.8 Å². The van der Waals surface area contributed by atoms with E-state index in [2.05, 4.69) is 15.3 Å². The molecule has 6 heteroatoms. The molecule has 0 aliphatic carbocycles. The standard InChI is InChI=1S/C19H16N4O2/c1-12-19(25)23(17-5-3-2-4-16(17)21-12)11-18(24)22-14-6-7-15-13(10-14)8-9-20-15/h2-10,20H,11H2,1H3,(H,22,24). The lowest BCUT2D eigenvalue weighted by Crippen LogP contribution is -2.30. The van der Waals surface area contributed by atoms with Gasteiger partial charge in [0.15, 0.2) is 0 Å². The first-order chi connectivity index (χ1) is 12.1. The molecule has 1 amide bonds. The van der Waals surface area contributed by atoms with E-state index in [1.807, 2.05) is 48.7 Å². The van der Waals surface area contributed by atoms with Crippen LogP contribution in [0.4, 0.5) is 5.69 Å². The van der Waals surface area contributed by atoms with Crippen LogP contribution in [0, 0.1) is 6.92 Å². The Morgan fingerprint density at radius 2 is 2.04 bits per heavy atom. The maximum atomic E-state index is 12.5. The van der Waals surface area contributed by atoms with E-state index in [-0.39, 0.29) is 18.0 Å². The molecule has 0 aliphatic rings. The Kier molecular flexibility index (Phi) is 3.57. The molecule has 124 valence electrons. The summed E-state index contributed by atoms with van der Waals surface area (Å²) in [5, 5.41) is 3.86. The molecule has 6 nitrogen and oxygen atoms in total. The summed E-state index contributed by atoms with van der Waals surface area (Å²) in [6.07, 6.45) is 1.85. The predicted octanol–water partition coefficient (Wildman–Crippen LogP) is 2.82. The van der Waals surface area contributed by atoms with Crippen LogP contribution in [0.15, 0.2) is 59.5 Å². The van der Waals surface area contributed by atoms with Crippen LogP contribution < -0.4 is 10.9 Å². The van der Waals surface area contributed by atoms with Crippen LogP contribution in [0.2, 0.25) is 0 Å². The molecule has 4 aromatic rings. The quantitative estimate of drug-likeness (QED) is 0.605. The SMILES string of the molecule is Cc1nc2ccccc2n(CC(=O)Nc2ccc3[nH]ccc3c2)c1=O. The molecule has 2 aromatic carbocycles. The minimum Gasteiger partial charge on any atom is -0.361 e. The van der Waals surface area contributed by atoms with Crippen LogP contribution in [-0.4, -0.2) is 20.4 Å². The number of amides is 1. The lowest BCUT2D eigenvalue weighted by Gasteiger charge is -2.11. The zero-order valence-corrected chi connectivity index (χ0v) is 13.6. The van der Waals surface area contributed by atoms with Gasteiger partial charge in [-0.05, 0) is 43.3 Å². The molecule has 4 rings (SSSR count). The molecule has 2 heterocycles. The van der Waals surface area contributed by atoms with Crippen molar-refractivity contribution in [3.8, 4) is 0 Å². The number of H-pyrrole nitrogens is 1. The Morgan fingerprint density at radius 3 is 2.92 bits per heavy atom. The van der Waals surface area contributed by atoms with Crippen LogP contribution in [0.25, 0.3) is 21.9 Å². The largest absolute Gasteiger partial charge is 0.361 e. The van der Waals surface area contributed by atoms with Crippen LogP contribution >= 0.6 is 0 Å². The third-order valence-corrected chi connectivity index (χ3v) is 4.15. The van der Waals surface area contributed by atoms with Gasteiger partial charge in [0.1, 0.15) is 12.2 Å². The zero-order chi connectivity index (χ0) is 17.4. The number of hydrogen-bond donors (Lipinski definition) is 2. The number of benzene rings is 2. The molecule has 0 saturated heterocycles. The van der Waals surface area contributed by atoms with Crippen molar-refractivity contribution in [1.82, 2.24) is 14.5 Å². The van der Waals surface area contributed by atoms with Gasteiger partial charge in [-0.1, -0.05) is 12.1 Å². The summed E-state index contributed by atoms with van der Waals surface area (Å²) in [4.78, 5) is 32.3. The summed E-state index contributed by atoms with van der Waals surface area (Å²) < 4.78 is 1.46. The van der Waals surface area contributed by atoms with Crippen LogP contribution in [0.1, 0.15) is 5.69 Å². The van der Waals surface area contributed by atoms with Crippen molar-refractivity contribution in [2.24, 2.45) is 0 Å². The number of carbonyl (C=O) groups is 1. The van der Waals surface area contributed by atoms with Crippen molar-refractivity contribution < 1.29 is 4.79 Å². The van der Waals surface area contributed by atoms with Crippen molar-refractivity contribution in [1.29, 1.82) is 0 Å². The summed E-state index contributed by atoms with van der Waals surface area (Å²) >= 11 is 0. The summed E-state index contributed by atoms with van der Waals surface area (Å²) in [6, 6.07) is 14.9. The lowest BCUT2D eigenvalue weighted by molar-refractivity contribution is -0.116. The van der Waals surface area contributed by atoms with Crippen LogP contribution in [0.5, 0.6) is 0 Å². The van der Waals surface area contributed by atoms with Gasteiger partial charge in [-0.2, -0.15) is 0 Å². The van der Waals surface area contributed by atoms with Crippen molar-refractivity contribution in [2.75, 3.05) is 5.32 Å². The fourth-order valence-electron chi connectivity index (χ4n) is 2.95. The first kappa shape index (κ1) is 15.1. The van der Waals surface area contributed by atoms with E-state index in [9.17, 15) is 9.59 Å². The molecule has 2 N–H and O–H groups in total. The second-order valence-electron chi connectivity index (χ2n) is 5.91. The number of aryl methyl sites for hydroxylation is 1. The lowest BCUT2D eigenvalue weighted by atomic mass is 10.2. The number of aromatic nitrogens is 3.